The predicted molar refractivity (Wildman–Crippen MR) is 95.5 cm³/mol. The molecule has 1 atom stereocenters. The zero-order valence-corrected chi connectivity index (χ0v) is 14.7. The van der Waals surface area contributed by atoms with Crippen molar-refractivity contribution in [2.24, 2.45) is 0 Å². The van der Waals surface area contributed by atoms with Gasteiger partial charge in [0.1, 0.15) is 0 Å². The van der Waals surface area contributed by atoms with Crippen LogP contribution in [0.3, 0.4) is 0 Å². The standard InChI is InChI=1S/C19H25N3O2/c1-21(2)14-7-6-11-22(12-10-14)19(23)16-13-18(24-3)20-17-9-5-4-8-15(16)17/h4-5,8-9,13-14H,6-7,10-12H2,1-3H3. The van der Waals surface area contributed by atoms with E-state index < -0.39 is 0 Å². The molecule has 1 aromatic heterocycles. The van der Waals surface area contributed by atoms with E-state index >= 15 is 0 Å². The number of hydrogen-bond donors (Lipinski definition) is 0. The Morgan fingerprint density at radius 2 is 2.04 bits per heavy atom. The van der Waals surface area contributed by atoms with Crippen molar-refractivity contribution >= 4 is 16.8 Å². The van der Waals surface area contributed by atoms with E-state index in [0.29, 0.717) is 17.5 Å². The zero-order valence-electron chi connectivity index (χ0n) is 14.7. The topological polar surface area (TPSA) is 45.7 Å². The molecule has 1 saturated heterocycles. The molecule has 0 bridgehead atoms. The van der Waals surface area contributed by atoms with E-state index in [1.54, 1.807) is 13.2 Å². The predicted octanol–water partition coefficient (Wildman–Crippen LogP) is 2.80. The summed E-state index contributed by atoms with van der Waals surface area (Å²) < 4.78 is 5.29. The smallest absolute Gasteiger partial charge is 0.254 e. The van der Waals surface area contributed by atoms with Crippen molar-refractivity contribution in [3.05, 3.63) is 35.9 Å². The third-order valence-electron chi connectivity index (χ3n) is 4.85. The van der Waals surface area contributed by atoms with E-state index in [1.807, 2.05) is 29.2 Å². The number of pyridine rings is 1. The van der Waals surface area contributed by atoms with Crippen molar-refractivity contribution in [3.63, 3.8) is 0 Å². The van der Waals surface area contributed by atoms with Crippen LogP contribution in [0.1, 0.15) is 29.6 Å². The summed E-state index contributed by atoms with van der Waals surface area (Å²) in [6.45, 7) is 1.60. The lowest BCUT2D eigenvalue weighted by Crippen LogP contribution is -2.34. The molecular formula is C19H25N3O2. The maximum absolute atomic E-state index is 13.1. The fourth-order valence-electron chi connectivity index (χ4n) is 3.40. The SMILES string of the molecule is COc1cc(C(=O)N2CCCC(N(C)C)CC2)c2ccccc2n1. The molecule has 1 fully saturated rings. The van der Waals surface area contributed by atoms with Gasteiger partial charge in [0.15, 0.2) is 0 Å². The molecule has 1 unspecified atom stereocenters. The number of ether oxygens (including phenoxy) is 1. The number of para-hydroxylation sites is 1. The monoisotopic (exact) mass is 327 g/mol. The van der Waals surface area contributed by atoms with Gasteiger partial charge in [-0.2, -0.15) is 0 Å². The van der Waals surface area contributed by atoms with Gasteiger partial charge in [-0.05, 0) is 39.4 Å². The van der Waals surface area contributed by atoms with Crippen LogP contribution in [0.2, 0.25) is 0 Å². The zero-order chi connectivity index (χ0) is 17.1. The molecule has 2 aromatic rings. The number of amides is 1. The second kappa shape index (κ2) is 7.18. The number of fused-ring (bicyclic) bond motifs is 1. The molecule has 0 aliphatic carbocycles. The van der Waals surface area contributed by atoms with Crippen molar-refractivity contribution < 1.29 is 9.53 Å². The molecule has 24 heavy (non-hydrogen) atoms. The van der Waals surface area contributed by atoms with Gasteiger partial charge in [0, 0.05) is 30.6 Å². The van der Waals surface area contributed by atoms with Gasteiger partial charge in [-0.3, -0.25) is 4.79 Å². The second-order valence-corrected chi connectivity index (χ2v) is 6.57. The maximum Gasteiger partial charge on any atom is 0.254 e. The Hall–Kier alpha value is -2.14. The lowest BCUT2D eigenvalue weighted by atomic mass is 10.1. The minimum atomic E-state index is 0.0753. The van der Waals surface area contributed by atoms with Gasteiger partial charge in [0.2, 0.25) is 5.88 Å². The van der Waals surface area contributed by atoms with Crippen molar-refractivity contribution in [1.29, 1.82) is 0 Å². The number of benzene rings is 1. The highest BCUT2D eigenvalue weighted by molar-refractivity contribution is 6.06. The fraction of sp³-hybridized carbons (Fsp3) is 0.474. The summed E-state index contributed by atoms with van der Waals surface area (Å²) in [4.78, 5) is 21.8. The van der Waals surface area contributed by atoms with Gasteiger partial charge in [-0.15, -0.1) is 0 Å². The summed E-state index contributed by atoms with van der Waals surface area (Å²) in [5, 5.41) is 0.886. The molecule has 2 heterocycles. The molecule has 5 nitrogen and oxygen atoms in total. The summed E-state index contributed by atoms with van der Waals surface area (Å²) in [5.74, 6) is 0.560. The second-order valence-electron chi connectivity index (χ2n) is 6.57. The molecule has 128 valence electrons. The Morgan fingerprint density at radius 3 is 2.79 bits per heavy atom. The number of rotatable bonds is 3. The molecule has 0 N–H and O–H groups in total. The maximum atomic E-state index is 13.1. The first-order chi connectivity index (χ1) is 11.6. The molecule has 1 aliphatic heterocycles. The fourth-order valence-corrected chi connectivity index (χ4v) is 3.40. The Balaban J connectivity index is 1.91. The van der Waals surface area contributed by atoms with Crippen molar-refractivity contribution in [2.75, 3.05) is 34.3 Å². The lowest BCUT2D eigenvalue weighted by Gasteiger charge is -2.24. The van der Waals surface area contributed by atoms with Crippen molar-refractivity contribution in [3.8, 4) is 5.88 Å². The minimum Gasteiger partial charge on any atom is -0.481 e. The highest BCUT2D eigenvalue weighted by Crippen LogP contribution is 2.24. The van der Waals surface area contributed by atoms with E-state index in [-0.39, 0.29) is 5.91 Å². The van der Waals surface area contributed by atoms with Crippen LogP contribution in [-0.2, 0) is 0 Å². The first-order valence-electron chi connectivity index (χ1n) is 8.49. The van der Waals surface area contributed by atoms with E-state index in [4.69, 9.17) is 4.74 Å². The van der Waals surface area contributed by atoms with E-state index in [1.165, 1.54) is 0 Å². The molecule has 0 spiro atoms. The third kappa shape index (κ3) is 3.36. The molecule has 5 heteroatoms. The Morgan fingerprint density at radius 1 is 1.25 bits per heavy atom. The number of carbonyl (C=O) groups is 1. The Labute approximate surface area is 143 Å². The summed E-state index contributed by atoms with van der Waals surface area (Å²) in [6, 6.07) is 10.0. The largest absolute Gasteiger partial charge is 0.481 e. The van der Waals surface area contributed by atoms with Gasteiger partial charge >= 0.3 is 0 Å². The third-order valence-corrected chi connectivity index (χ3v) is 4.85. The van der Waals surface area contributed by atoms with Crippen LogP contribution in [0.5, 0.6) is 5.88 Å². The highest BCUT2D eigenvalue weighted by Gasteiger charge is 2.24. The highest BCUT2D eigenvalue weighted by atomic mass is 16.5. The van der Waals surface area contributed by atoms with Gasteiger partial charge in [0.05, 0.1) is 18.2 Å². The molecule has 1 amide bonds. The number of likely N-dealkylation sites (tertiary alicyclic amines) is 1. The summed E-state index contributed by atoms with van der Waals surface area (Å²) in [6.07, 6.45) is 3.19. The van der Waals surface area contributed by atoms with E-state index in [9.17, 15) is 4.79 Å². The first-order valence-corrected chi connectivity index (χ1v) is 8.49. The number of methoxy groups -OCH3 is 1. The molecule has 3 rings (SSSR count). The van der Waals surface area contributed by atoms with Crippen LogP contribution in [0.4, 0.5) is 0 Å². The first kappa shape index (κ1) is 16.7. The average Bonchev–Trinajstić information content (AvgIpc) is 2.86. The summed E-state index contributed by atoms with van der Waals surface area (Å²) in [5.41, 5.74) is 1.47. The van der Waals surface area contributed by atoms with Crippen molar-refractivity contribution in [1.82, 2.24) is 14.8 Å². The minimum absolute atomic E-state index is 0.0753. The van der Waals surface area contributed by atoms with Crippen LogP contribution < -0.4 is 4.74 Å². The van der Waals surface area contributed by atoms with Gasteiger partial charge in [-0.1, -0.05) is 18.2 Å². The number of nitrogens with zero attached hydrogens (tertiary/aromatic N) is 3. The van der Waals surface area contributed by atoms with E-state index in [2.05, 4.69) is 24.0 Å². The van der Waals surface area contributed by atoms with E-state index in [0.717, 1.165) is 43.3 Å². The Kier molecular flexibility index (Phi) is 5.00. The molecule has 0 saturated carbocycles. The van der Waals surface area contributed by atoms with Gasteiger partial charge in [0.25, 0.3) is 5.91 Å². The Bertz CT molecular complexity index is 730. The quantitative estimate of drug-likeness (QED) is 0.870. The van der Waals surface area contributed by atoms with Crippen LogP contribution in [0, 0.1) is 0 Å². The van der Waals surface area contributed by atoms with Crippen LogP contribution in [-0.4, -0.2) is 61.0 Å². The van der Waals surface area contributed by atoms with Crippen LogP contribution in [0.25, 0.3) is 10.9 Å². The van der Waals surface area contributed by atoms with Gasteiger partial charge in [-0.25, -0.2) is 4.98 Å². The molecular weight excluding hydrogens is 302 g/mol. The summed E-state index contributed by atoms with van der Waals surface area (Å²) in [7, 11) is 5.81. The molecule has 1 aromatic carbocycles. The molecule has 1 aliphatic rings. The number of carbonyl (C=O) groups excluding carboxylic acids is 1. The summed E-state index contributed by atoms with van der Waals surface area (Å²) >= 11 is 0. The lowest BCUT2D eigenvalue weighted by molar-refractivity contribution is 0.0760. The van der Waals surface area contributed by atoms with Crippen LogP contribution in [0.15, 0.2) is 30.3 Å². The van der Waals surface area contributed by atoms with Crippen molar-refractivity contribution in [2.45, 2.75) is 25.3 Å². The average molecular weight is 327 g/mol. The van der Waals surface area contributed by atoms with Crippen LogP contribution >= 0.6 is 0 Å². The number of hydrogen-bond acceptors (Lipinski definition) is 4. The normalized spacial score (nSPS) is 18.7. The number of aromatic nitrogens is 1. The molecule has 0 radical (unpaired) electrons. The van der Waals surface area contributed by atoms with Gasteiger partial charge < -0.3 is 14.5 Å².